The number of halogens is 1. The van der Waals surface area contributed by atoms with Gasteiger partial charge in [-0.15, -0.1) is 3.89 Å². The third-order valence-corrected chi connectivity index (χ3v) is 1.94. The predicted octanol–water partition coefficient (Wildman–Crippen LogP) is -0.133. The molecule has 1 fully saturated rings. The lowest BCUT2D eigenvalue weighted by atomic mass is 10.5. The Morgan fingerprint density at radius 2 is 2.00 bits per heavy atom. The van der Waals surface area contributed by atoms with Crippen molar-refractivity contribution in [2.45, 2.75) is 0 Å². The van der Waals surface area contributed by atoms with Gasteiger partial charge >= 0.3 is 0 Å². The summed E-state index contributed by atoms with van der Waals surface area (Å²) in [6, 6.07) is 0. The summed E-state index contributed by atoms with van der Waals surface area (Å²) in [5.74, 6) is 0. The monoisotopic (exact) mass is 153 g/mol. The fourth-order valence-corrected chi connectivity index (χ4v) is 1.13. The van der Waals surface area contributed by atoms with Crippen molar-refractivity contribution < 1.29 is 12.8 Å². The summed E-state index contributed by atoms with van der Waals surface area (Å²) >= 11 is -2.30. The fraction of sp³-hybridized carbons (Fsp3) is 1.00. The van der Waals surface area contributed by atoms with Crippen molar-refractivity contribution in [2.75, 3.05) is 26.3 Å². The van der Waals surface area contributed by atoms with E-state index in [4.69, 9.17) is 4.74 Å². The van der Waals surface area contributed by atoms with Gasteiger partial charge < -0.3 is 4.74 Å². The molecular weight excluding hydrogens is 145 g/mol. The molecule has 1 aliphatic rings. The average molecular weight is 153 g/mol. The Balaban J connectivity index is 2.31. The molecule has 0 radical (unpaired) electrons. The Kier molecular flexibility index (Phi) is 2.56. The first-order chi connectivity index (χ1) is 4.30. The van der Waals surface area contributed by atoms with Crippen LogP contribution in [-0.2, 0) is 16.1 Å². The Labute approximate surface area is 55.7 Å². The van der Waals surface area contributed by atoms with Crippen LogP contribution >= 0.6 is 0 Å². The maximum atomic E-state index is 11.9. The number of hydrogen-bond donors (Lipinski definition) is 0. The molecule has 1 saturated heterocycles. The van der Waals surface area contributed by atoms with Crippen LogP contribution in [0.15, 0.2) is 0 Å². The first kappa shape index (κ1) is 7.11. The third kappa shape index (κ3) is 2.00. The normalized spacial score (nSPS) is 25.9. The zero-order chi connectivity index (χ0) is 6.69. The van der Waals surface area contributed by atoms with Crippen molar-refractivity contribution in [1.82, 2.24) is 4.31 Å². The van der Waals surface area contributed by atoms with Gasteiger partial charge in [0.05, 0.1) is 13.2 Å². The van der Waals surface area contributed by atoms with Crippen LogP contribution in [0.5, 0.6) is 0 Å². The number of hydrogen-bond acceptors (Lipinski definition) is 2. The van der Waals surface area contributed by atoms with Gasteiger partial charge in [-0.2, -0.15) is 4.31 Å². The second-order valence-corrected chi connectivity index (χ2v) is 2.68. The molecule has 0 N–H and O–H groups in total. The highest BCUT2D eigenvalue weighted by Gasteiger charge is 2.15. The van der Waals surface area contributed by atoms with E-state index in [0.717, 1.165) is 0 Å². The Morgan fingerprint density at radius 1 is 1.44 bits per heavy atom. The van der Waals surface area contributed by atoms with Crippen molar-refractivity contribution in [3.63, 3.8) is 0 Å². The molecular formula is C4H8FNO2S. The number of ether oxygens (including phenoxy) is 1. The lowest BCUT2D eigenvalue weighted by Gasteiger charge is -2.20. The minimum absolute atomic E-state index is 0.434. The Hall–Kier alpha value is -0.0000000000000000416. The first-order valence-corrected chi connectivity index (χ1v) is 3.72. The minimum Gasteiger partial charge on any atom is -0.379 e. The van der Waals surface area contributed by atoms with Crippen molar-refractivity contribution >= 4 is 11.4 Å². The maximum Gasteiger partial charge on any atom is 0.277 e. The fourth-order valence-electron chi connectivity index (χ4n) is 0.690. The molecule has 1 heterocycles. The van der Waals surface area contributed by atoms with Crippen LogP contribution in [0.2, 0.25) is 0 Å². The van der Waals surface area contributed by atoms with E-state index in [9.17, 15) is 8.09 Å². The second-order valence-electron chi connectivity index (χ2n) is 1.75. The number of morpholine rings is 1. The summed E-state index contributed by atoms with van der Waals surface area (Å²) in [7, 11) is 0. The molecule has 0 saturated carbocycles. The van der Waals surface area contributed by atoms with Crippen LogP contribution in [0, 0.1) is 0 Å². The van der Waals surface area contributed by atoms with Crippen LogP contribution in [0.3, 0.4) is 0 Å². The van der Waals surface area contributed by atoms with E-state index in [1.807, 2.05) is 0 Å². The minimum atomic E-state index is -2.30. The van der Waals surface area contributed by atoms with Gasteiger partial charge in [0.25, 0.3) is 11.4 Å². The average Bonchev–Trinajstić information content (AvgIpc) is 1.90. The molecule has 9 heavy (non-hydrogen) atoms. The van der Waals surface area contributed by atoms with E-state index in [2.05, 4.69) is 0 Å². The summed E-state index contributed by atoms with van der Waals surface area (Å²) in [6.07, 6.45) is 0. The third-order valence-electron chi connectivity index (χ3n) is 1.17. The summed E-state index contributed by atoms with van der Waals surface area (Å²) < 4.78 is 28.2. The van der Waals surface area contributed by atoms with Gasteiger partial charge in [-0.1, -0.05) is 0 Å². The van der Waals surface area contributed by atoms with Crippen molar-refractivity contribution in [3.05, 3.63) is 0 Å². The Bertz CT molecular complexity index is 115. The zero-order valence-electron chi connectivity index (χ0n) is 4.88. The van der Waals surface area contributed by atoms with E-state index in [-0.39, 0.29) is 0 Å². The highest BCUT2D eigenvalue weighted by atomic mass is 32.2. The van der Waals surface area contributed by atoms with Crippen LogP contribution in [-0.4, -0.2) is 34.8 Å². The highest BCUT2D eigenvalue weighted by Crippen LogP contribution is 2.00. The molecule has 54 valence electrons. The summed E-state index contributed by atoms with van der Waals surface area (Å²) in [6.45, 7) is 1.83. The van der Waals surface area contributed by atoms with Crippen LogP contribution < -0.4 is 0 Å². The number of rotatable bonds is 1. The predicted molar refractivity (Wildman–Crippen MR) is 31.6 cm³/mol. The molecule has 0 aromatic heterocycles. The van der Waals surface area contributed by atoms with Gasteiger partial charge in [-0.25, -0.2) is 4.21 Å². The summed E-state index contributed by atoms with van der Waals surface area (Å²) in [4.78, 5) is 0. The van der Waals surface area contributed by atoms with E-state index in [1.54, 1.807) is 0 Å². The van der Waals surface area contributed by atoms with Gasteiger partial charge in [-0.3, -0.25) is 0 Å². The largest absolute Gasteiger partial charge is 0.379 e. The molecule has 1 rings (SSSR count). The molecule has 1 aliphatic heterocycles. The smallest absolute Gasteiger partial charge is 0.277 e. The maximum absolute atomic E-state index is 11.9. The van der Waals surface area contributed by atoms with Gasteiger partial charge in [0, 0.05) is 13.1 Å². The topological polar surface area (TPSA) is 29.5 Å². The molecule has 5 heteroatoms. The second kappa shape index (κ2) is 3.24. The van der Waals surface area contributed by atoms with Crippen molar-refractivity contribution in [3.8, 4) is 0 Å². The summed E-state index contributed by atoms with van der Waals surface area (Å²) in [5, 5.41) is 0. The lowest BCUT2D eigenvalue weighted by Crippen LogP contribution is -2.35. The first-order valence-electron chi connectivity index (χ1n) is 2.71. The molecule has 3 nitrogen and oxygen atoms in total. The highest BCUT2D eigenvalue weighted by molar-refractivity contribution is 7.77. The number of nitrogens with zero attached hydrogens (tertiary/aromatic N) is 1. The van der Waals surface area contributed by atoms with Crippen LogP contribution in [0.25, 0.3) is 0 Å². The quantitative estimate of drug-likeness (QED) is 0.491. The van der Waals surface area contributed by atoms with Gasteiger partial charge in [0.1, 0.15) is 0 Å². The molecule has 1 atom stereocenters. The SMILES string of the molecule is O=[S@@](F)N1CCOCC1. The Morgan fingerprint density at radius 3 is 2.33 bits per heavy atom. The molecule has 0 bridgehead atoms. The molecule has 0 aliphatic carbocycles. The molecule has 0 aromatic rings. The zero-order valence-corrected chi connectivity index (χ0v) is 5.69. The van der Waals surface area contributed by atoms with E-state index in [1.165, 1.54) is 4.31 Å². The summed E-state index contributed by atoms with van der Waals surface area (Å²) in [5.41, 5.74) is 0. The molecule has 0 spiro atoms. The van der Waals surface area contributed by atoms with Gasteiger partial charge in [0.15, 0.2) is 0 Å². The van der Waals surface area contributed by atoms with Gasteiger partial charge in [0.2, 0.25) is 0 Å². The van der Waals surface area contributed by atoms with Crippen molar-refractivity contribution in [1.29, 1.82) is 0 Å². The molecule has 0 amide bonds. The van der Waals surface area contributed by atoms with E-state index >= 15 is 0 Å². The van der Waals surface area contributed by atoms with E-state index < -0.39 is 11.4 Å². The molecule has 0 aromatic carbocycles. The van der Waals surface area contributed by atoms with Crippen molar-refractivity contribution in [2.24, 2.45) is 0 Å². The molecule has 0 unspecified atom stereocenters. The van der Waals surface area contributed by atoms with Gasteiger partial charge in [-0.05, 0) is 0 Å². The lowest BCUT2D eigenvalue weighted by molar-refractivity contribution is 0.0737. The standard InChI is InChI=1S/C4H8FNO2S/c5-9(7)6-1-3-8-4-2-6/h1-4H2/t9-/m0/s1. The van der Waals surface area contributed by atoms with Crippen LogP contribution in [0.1, 0.15) is 0 Å². The van der Waals surface area contributed by atoms with E-state index in [0.29, 0.717) is 26.3 Å². The van der Waals surface area contributed by atoms with Crippen LogP contribution in [0.4, 0.5) is 3.89 Å².